The molecule has 0 saturated heterocycles. The van der Waals surface area contributed by atoms with Gasteiger partial charge < -0.3 is 34.9 Å². The molecule has 198 valence electrons. The summed E-state index contributed by atoms with van der Waals surface area (Å²) in [5, 5.41) is 28.0. The van der Waals surface area contributed by atoms with Crippen LogP contribution in [-0.2, 0) is 11.4 Å². The van der Waals surface area contributed by atoms with Gasteiger partial charge in [0.25, 0.3) is 0 Å². The predicted molar refractivity (Wildman–Crippen MR) is 156 cm³/mol. The summed E-state index contributed by atoms with van der Waals surface area (Å²) in [6.07, 6.45) is 0. The van der Waals surface area contributed by atoms with Crippen molar-refractivity contribution in [3.8, 4) is 39.9 Å². The highest BCUT2D eigenvalue weighted by Crippen LogP contribution is 2.40. The lowest BCUT2D eigenvalue weighted by Gasteiger charge is -2.15. The van der Waals surface area contributed by atoms with E-state index in [1.54, 1.807) is 13.2 Å². The molecule has 0 radical (unpaired) electrons. The molecule has 0 fully saturated rings. The minimum atomic E-state index is -1.47. The van der Waals surface area contributed by atoms with Crippen molar-refractivity contribution in [2.75, 3.05) is 25.5 Å². The number of thiophene rings is 1. The van der Waals surface area contributed by atoms with Gasteiger partial charge in [0.15, 0.2) is 16.6 Å². The van der Waals surface area contributed by atoms with E-state index >= 15 is 0 Å². The maximum Gasteiger partial charge on any atom is 0.235 e. The van der Waals surface area contributed by atoms with Gasteiger partial charge in [-0.2, -0.15) is 0 Å². The van der Waals surface area contributed by atoms with Crippen LogP contribution in [0.2, 0.25) is 0 Å². The fourth-order valence-electron chi connectivity index (χ4n) is 3.50. The Morgan fingerprint density at radius 1 is 0.947 bits per heavy atom. The second kappa shape index (κ2) is 12.9. The summed E-state index contributed by atoms with van der Waals surface area (Å²) in [7, 11) is 1.61. The van der Waals surface area contributed by atoms with Gasteiger partial charge in [0, 0.05) is 23.9 Å². The van der Waals surface area contributed by atoms with Gasteiger partial charge >= 0.3 is 0 Å². The standard InChI is InChI=1S/C27H27N3O5S3/c1-17-3-9-21(25(15-17)35-20-8-10-23(31)24(32)16-20)22-11-14-37-26(22)38(33)29-13-12-28-27(36)30-18-4-6-19(34-2)7-5-18/h3-11,14-16,29,31-32H,12-13H2,1-2H3,(H2,28,30,36). The average molecular weight is 570 g/mol. The second-order valence-corrected chi connectivity index (χ2v) is 11.0. The first-order chi connectivity index (χ1) is 18.3. The number of hydrogen-bond acceptors (Lipinski definition) is 8. The Hall–Kier alpha value is -3.48. The number of methoxy groups -OCH3 is 1. The van der Waals surface area contributed by atoms with Gasteiger partial charge in [0.1, 0.15) is 17.2 Å². The fourth-order valence-corrected chi connectivity index (χ4v) is 5.85. The monoisotopic (exact) mass is 569 g/mol. The number of nitrogens with one attached hydrogen (secondary N) is 3. The average Bonchev–Trinajstić information content (AvgIpc) is 3.39. The molecule has 8 nitrogen and oxygen atoms in total. The first-order valence-electron chi connectivity index (χ1n) is 11.6. The van der Waals surface area contributed by atoms with Crippen LogP contribution in [0, 0.1) is 6.92 Å². The van der Waals surface area contributed by atoms with Crippen molar-refractivity contribution in [1.29, 1.82) is 0 Å². The Kier molecular flexibility index (Phi) is 9.32. The summed E-state index contributed by atoms with van der Waals surface area (Å²) < 4.78 is 28.0. The summed E-state index contributed by atoms with van der Waals surface area (Å²) in [4.78, 5) is 0. The van der Waals surface area contributed by atoms with Gasteiger partial charge in [0.05, 0.1) is 30.6 Å². The third-order valence-electron chi connectivity index (χ3n) is 5.39. The molecular formula is C27H27N3O5S3. The van der Waals surface area contributed by atoms with Gasteiger partial charge in [-0.05, 0) is 78.6 Å². The summed E-state index contributed by atoms with van der Waals surface area (Å²) in [5.74, 6) is 1.18. The smallest absolute Gasteiger partial charge is 0.235 e. The van der Waals surface area contributed by atoms with Crippen LogP contribution in [0.1, 0.15) is 5.56 Å². The number of phenolic OH excluding ortho intramolecular Hbond substituents is 2. The lowest BCUT2D eigenvalue weighted by Crippen LogP contribution is -2.36. The number of ether oxygens (including phenoxy) is 2. The molecule has 5 N–H and O–H groups in total. The number of benzene rings is 3. The zero-order valence-electron chi connectivity index (χ0n) is 20.7. The molecule has 1 heterocycles. The van der Waals surface area contributed by atoms with E-state index in [9.17, 15) is 14.8 Å². The van der Waals surface area contributed by atoms with E-state index in [0.717, 1.165) is 28.1 Å². The van der Waals surface area contributed by atoms with Crippen LogP contribution in [0.4, 0.5) is 5.69 Å². The van der Waals surface area contributed by atoms with Crippen LogP contribution in [0.15, 0.2) is 76.3 Å². The molecule has 0 aliphatic carbocycles. The molecule has 0 bridgehead atoms. The Bertz CT molecular complexity index is 1400. The zero-order valence-corrected chi connectivity index (χ0v) is 23.1. The zero-order chi connectivity index (χ0) is 27.1. The van der Waals surface area contributed by atoms with Crippen molar-refractivity contribution in [3.63, 3.8) is 0 Å². The SMILES string of the molecule is COc1ccc(NC(=S)NCCN[S+]([O-])c2sccc2-c2ccc(C)cc2Oc2ccc(O)c(O)c2)cc1. The van der Waals surface area contributed by atoms with E-state index in [-0.39, 0.29) is 11.5 Å². The summed E-state index contributed by atoms with van der Waals surface area (Å²) in [6.45, 7) is 2.83. The van der Waals surface area contributed by atoms with Crippen LogP contribution >= 0.6 is 23.6 Å². The quantitative estimate of drug-likeness (QED) is 0.0727. The maximum atomic E-state index is 13.1. The van der Waals surface area contributed by atoms with E-state index in [1.807, 2.05) is 60.8 Å². The number of anilines is 1. The van der Waals surface area contributed by atoms with E-state index in [2.05, 4.69) is 15.4 Å². The van der Waals surface area contributed by atoms with Gasteiger partial charge in [-0.25, -0.2) is 0 Å². The fraction of sp³-hybridized carbons (Fsp3) is 0.148. The van der Waals surface area contributed by atoms with Gasteiger partial charge in [-0.3, -0.25) is 0 Å². The van der Waals surface area contributed by atoms with Gasteiger partial charge in [-0.15, -0.1) is 4.72 Å². The van der Waals surface area contributed by atoms with Crippen molar-refractivity contribution in [3.05, 3.63) is 77.7 Å². The molecule has 1 atom stereocenters. The number of rotatable bonds is 10. The molecule has 0 spiro atoms. The Labute approximate surface area is 233 Å². The number of thiocarbonyl (C=S) groups is 1. The second-order valence-electron chi connectivity index (χ2n) is 8.15. The van der Waals surface area contributed by atoms with Crippen molar-refractivity contribution in [1.82, 2.24) is 10.0 Å². The topological polar surface area (TPSA) is 118 Å². The Morgan fingerprint density at radius 2 is 1.71 bits per heavy atom. The highest BCUT2D eigenvalue weighted by atomic mass is 32.2. The Morgan fingerprint density at radius 3 is 2.45 bits per heavy atom. The molecule has 38 heavy (non-hydrogen) atoms. The van der Waals surface area contributed by atoms with Crippen LogP contribution in [0.25, 0.3) is 11.1 Å². The molecule has 0 saturated carbocycles. The van der Waals surface area contributed by atoms with Gasteiger partial charge in [-0.1, -0.05) is 23.5 Å². The molecule has 11 heteroatoms. The van der Waals surface area contributed by atoms with Crippen LogP contribution in [0.5, 0.6) is 28.7 Å². The maximum absolute atomic E-state index is 13.1. The third kappa shape index (κ3) is 7.09. The lowest BCUT2D eigenvalue weighted by atomic mass is 10.1. The van der Waals surface area contributed by atoms with E-state index < -0.39 is 11.4 Å². The summed E-state index contributed by atoms with van der Waals surface area (Å²) in [6, 6.07) is 19.3. The minimum Gasteiger partial charge on any atom is -0.592 e. The molecular weight excluding hydrogens is 543 g/mol. The first kappa shape index (κ1) is 27.6. The van der Waals surface area contributed by atoms with Crippen molar-refractivity contribution in [2.24, 2.45) is 0 Å². The molecule has 3 aromatic carbocycles. The normalized spacial score (nSPS) is 11.6. The molecule has 1 aromatic heterocycles. The molecule has 0 amide bonds. The molecule has 4 rings (SSSR count). The molecule has 4 aromatic rings. The molecule has 0 aliphatic heterocycles. The van der Waals surface area contributed by atoms with Crippen molar-refractivity contribution < 1.29 is 24.2 Å². The molecule has 1 unspecified atom stereocenters. The minimum absolute atomic E-state index is 0.227. The number of hydrogen-bond donors (Lipinski definition) is 5. The van der Waals surface area contributed by atoms with Crippen LogP contribution < -0.4 is 24.8 Å². The van der Waals surface area contributed by atoms with Crippen molar-refractivity contribution in [2.45, 2.75) is 11.1 Å². The van der Waals surface area contributed by atoms with Crippen LogP contribution in [0.3, 0.4) is 0 Å². The summed E-state index contributed by atoms with van der Waals surface area (Å²) >= 11 is 5.26. The largest absolute Gasteiger partial charge is 0.592 e. The van der Waals surface area contributed by atoms with Gasteiger partial charge in [0.2, 0.25) is 4.21 Å². The van der Waals surface area contributed by atoms with Crippen LogP contribution in [-0.4, -0.2) is 40.1 Å². The van der Waals surface area contributed by atoms with Crippen molar-refractivity contribution >= 4 is 45.7 Å². The summed E-state index contributed by atoms with van der Waals surface area (Å²) in [5.41, 5.74) is 3.36. The lowest BCUT2D eigenvalue weighted by molar-refractivity contribution is 0.398. The number of aryl methyl sites for hydroxylation is 1. The highest BCUT2D eigenvalue weighted by Gasteiger charge is 2.22. The highest BCUT2D eigenvalue weighted by molar-refractivity contribution is 7.91. The number of aromatic hydroxyl groups is 2. The van der Waals surface area contributed by atoms with E-state index in [1.165, 1.54) is 23.5 Å². The third-order valence-corrected chi connectivity index (χ3v) is 8.11. The Balaban J connectivity index is 1.37. The first-order valence-corrected chi connectivity index (χ1v) is 14.0. The molecule has 0 aliphatic rings. The number of phenols is 2. The van der Waals surface area contributed by atoms with E-state index in [4.69, 9.17) is 21.7 Å². The predicted octanol–water partition coefficient (Wildman–Crippen LogP) is 5.53. The van der Waals surface area contributed by atoms with E-state index in [0.29, 0.717) is 33.9 Å².